The zero-order chi connectivity index (χ0) is 14.9. The van der Waals surface area contributed by atoms with E-state index in [0.717, 1.165) is 0 Å². The molecule has 0 saturated heterocycles. The molecule has 3 aromatic heterocycles. The van der Waals surface area contributed by atoms with Crippen molar-refractivity contribution in [2.24, 2.45) is 0 Å². The molecule has 0 spiro atoms. The number of anilines is 1. The number of hydrogen-bond donors (Lipinski definition) is 3. The number of nitrogens with one attached hydrogen (secondary N) is 3. The lowest BCUT2D eigenvalue weighted by Crippen LogP contribution is -2.26. The average Bonchev–Trinajstić information content (AvgIpc) is 3.12. The van der Waals surface area contributed by atoms with Crippen molar-refractivity contribution in [3.63, 3.8) is 0 Å². The first kappa shape index (κ1) is 14.0. The molecular formula is C10H13N7O2S2. The van der Waals surface area contributed by atoms with Crippen LogP contribution in [0.2, 0.25) is 0 Å². The number of sulfonamides is 1. The summed E-state index contributed by atoms with van der Waals surface area (Å²) >= 11 is 1.37. The van der Waals surface area contributed by atoms with Crippen molar-refractivity contribution in [1.29, 1.82) is 0 Å². The van der Waals surface area contributed by atoms with Gasteiger partial charge in [-0.05, 0) is 6.92 Å². The summed E-state index contributed by atoms with van der Waals surface area (Å²) in [6.45, 7) is 2.49. The van der Waals surface area contributed by atoms with Crippen LogP contribution < -0.4 is 10.0 Å². The Morgan fingerprint density at radius 2 is 2.33 bits per heavy atom. The largest absolute Gasteiger partial charge is 0.368 e. The van der Waals surface area contributed by atoms with Gasteiger partial charge in [0.2, 0.25) is 0 Å². The van der Waals surface area contributed by atoms with Gasteiger partial charge in [-0.3, -0.25) is 9.50 Å². The second kappa shape index (κ2) is 5.42. The molecule has 0 fully saturated rings. The lowest BCUT2D eigenvalue weighted by molar-refractivity contribution is 0.575. The maximum atomic E-state index is 12.5. The van der Waals surface area contributed by atoms with Crippen molar-refractivity contribution in [3.8, 4) is 0 Å². The Morgan fingerprint density at radius 1 is 1.48 bits per heavy atom. The van der Waals surface area contributed by atoms with Crippen molar-refractivity contribution in [2.75, 3.05) is 11.9 Å². The number of nitrogens with zero attached hydrogens (tertiary/aromatic N) is 4. The molecule has 0 amide bonds. The van der Waals surface area contributed by atoms with E-state index >= 15 is 0 Å². The number of H-pyrrole nitrogens is 1. The normalized spacial score (nSPS) is 12.0. The second-order valence-corrected chi connectivity index (χ2v) is 6.66. The van der Waals surface area contributed by atoms with E-state index in [1.54, 1.807) is 16.0 Å². The number of imidazole rings is 1. The fourth-order valence-electron chi connectivity index (χ4n) is 1.85. The van der Waals surface area contributed by atoms with Crippen LogP contribution in [-0.2, 0) is 16.6 Å². The predicted molar refractivity (Wildman–Crippen MR) is 77.6 cm³/mol. The Hall–Kier alpha value is -1.98. The van der Waals surface area contributed by atoms with Gasteiger partial charge >= 0.3 is 0 Å². The highest BCUT2D eigenvalue weighted by molar-refractivity contribution is 7.89. The molecule has 0 aromatic carbocycles. The summed E-state index contributed by atoms with van der Waals surface area (Å²) < 4.78 is 29.1. The summed E-state index contributed by atoms with van der Waals surface area (Å²) in [4.78, 5) is 8.79. The highest BCUT2D eigenvalue weighted by Crippen LogP contribution is 2.25. The molecule has 0 atom stereocenters. The van der Waals surface area contributed by atoms with E-state index in [4.69, 9.17) is 0 Å². The van der Waals surface area contributed by atoms with Crippen molar-refractivity contribution >= 4 is 32.1 Å². The predicted octanol–water partition coefficient (Wildman–Crippen LogP) is 0.424. The maximum absolute atomic E-state index is 12.5. The minimum Gasteiger partial charge on any atom is -0.368 e. The topological polar surface area (TPSA) is 117 Å². The molecule has 0 unspecified atom stereocenters. The molecule has 0 radical (unpaired) electrons. The summed E-state index contributed by atoms with van der Waals surface area (Å²) in [5.74, 6) is 0.782. The first-order valence-corrected chi connectivity index (χ1v) is 8.51. The van der Waals surface area contributed by atoms with Crippen LogP contribution in [0.15, 0.2) is 22.9 Å². The molecule has 112 valence electrons. The molecule has 3 aromatic rings. The van der Waals surface area contributed by atoms with Crippen molar-refractivity contribution in [2.45, 2.75) is 18.5 Å². The van der Waals surface area contributed by atoms with Crippen LogP contribution in [-0.4, -0.2) is 39.5 Å². The minimum atomic E-state index is -3.74. The smallest absolute Gasteiger partial charge is 0.260 e. The summed E-state index contributed by atoms with van der Waals surface area (Å²) in [5.41, 5.74) is 0. The molecule has 9 nitrogen and oxygen atoms in total. The third-order valence-corrected chi connectivity index (χ3v) is 4.89. The fourth-order valence-corrected chi connectivity index (χ4v) is 3.87. The van der Waals surface area contributed by atoms with Gasteiger partial charge in [-0.15, -0.1) is 11.3 Å². The Bertz CT molecular complexity index is 834. The van der Waals surface area contributed by atoms with Gasteiger partial charge in [0.25, 0.3) is 10.0 Å². The molecule has 3 N–H and O–H groups in total. The molecule has 21 heavy (non-hydrogen) atoms. The van der Waals surface area contributed by atoms with Crippen LogP contribution in [0, 0.1) is 0 Å². The summed E-state index contributed by atoms with van der Waals surface area (Å²) in [6, 6.07) is 0. The third kappa shape index (κ3) is 2.62. The fraction of sp³-hybridized carbons (Fsp3) is 0.300. The van der Waals surface area contributed by atoms with E-state index in [0.29, 0.717) is 23.1 Å². The van der Waals surface area contributed by atoms with E-state index in [1.807, 2.05) is 6.92 Å². The molecule has 3 rings (SSSR count). The molecule has 0 saturated carbocycles. The van der Waals surface area contributed by atoms with E-state index in [2.05, 4.69) is 30.2 Å². The van der Waals surface area contributed by atoms with Crippen molar-refractivity contribution in [3.05, 3.63) is 23.7 Å². The zero-order valence-corrected chi connectivity index (χ0v) is 12.7. The second-order valence-electron chi connectivity index (χ2n) is 4.11. The number of aromatic amines is 1. The average molecular weight is 327 g/mol. The molecule has 0 aliphatic rings. The molecule has 0 bridgehead atoms. The van der Waals surface area contributed by atoms with Gasteiger partial charge in [0.15, 0.2) is 15.8 Å². The van der Waals surface area contributed by atoms with Gasteiger partial charge in [0, 0.05) is 18.1 Å². The molecule has 0 aliphatic carbocycles. The third-order valence-electron chi connectivity index (χ3n) is 2.71. The van der Waals surface area contributed by atoms with Gasteiger partial charge < -0.3 is 5.32 Å². The Morgan fingerprint density at radius 3 is 3.05 bits per heavy atom. The van der Waals surface area contributed by atoms with E-state index in [1.165, 1.54) is 17.7 Å². The van der Waals surface area contributed by atoms with Crippen LogP contribution in [0.5, 0.6) is 0 Å². The van der Waals surface area contributed by atoms with E-state index < -0.39 is 10.0 Å². The van der Waals surface area contributed by atoms with Gasteiger partial charge in [-0.1, -0.05) is 0 Å². The molecule has 11 heteroatoms. The number of hydrogen-bond acceptors (Lipinski definition) is 7. The first-order chi connectivity index (χ1) is 10.1. The van der Waals surface area contributed by atoms with E-state index in [9.17, 15) is 8.42 Å². The Labute approximate surface area is 124 Å². The highest BCUT2D eigenvalue weighted by Gasteiger charge is 2.25. The SMILES string of the molecule is CCNc1nc2sccn2c1S(=O)(=O)NCc1ncn[nH]1. The van der Waals surface area contributed by atoms with Crippen LogP contribution >= 0.6 is 11.3 Å². The van der Waals surface area contributed by atoms with Crippen LogP contribution in [0.1, 0.15) is 12.7 Å². The van der Waals surface area contributed by atoms with Crippen LogP contribution in [0.25, 0.3) is 4.96 Å². The molecular weight excluding hydrogens is 314 g/mol. The number of aromatic nitrogens is 5. The van der Waals surface area contributed by atoms with Crippen LogP contribution in [0.3, 0.4) is 0 Å². The summed E-state index contributed by atoms with van der Waals surface area (Å²) in [7, 11) is -3.74. The Kier molecular flexibility index (Phi) is 3.61. The standard InChI is InChI=1S/C10H13N7O2S2/c1-2-11-8-9(17-3-4-20-10(17)15-8)21(18,19)14-5-7-12-6-13-16-7/h3-4,6,11,14H,2,5H2,1H3,(H,12,13,16). The quantitative estimate of drug-likeness (QED) is 0.604. The van der Waals surface area contributed by atoms with Crippen LogP contribution in [0.4, 0.5) is 5.82 Å². The first-order valence-electron chi connectivity index (χ1n) is 6.15. The molecule has 3 heterocycles. The summed E-state index contributed by atoms with van der Waals surface area (Å²) in [6.07, 6.45) is 3.00. The van der Waals surface area contributed by atoms with Gasteiger partial charge in [0.1, 0.15) is 12.2 Å². The molecule has 0 aliphatic heterocycles. The van der Waals surface area contributed by atoms with Gasteiger partial charge in [0.05, 0.1) is 6.54 Å². The number of fused-ring (bicyclic) bond motifs is 1. The Balaban J connectivity index is 1.96. The monoisotopic (exact) mass is 327 g/mol. The number of rotatable bonds is 6. The lowest BCUT2D eigenvalue weighted by Gasteiger charge is -2.07. The van der Waals surface area contributed by atoms with Crippen molar-refractivity contribution in [1.82, 2.24) is 29.3 Å². The van der Waals surface area contributed by atoms with Crippen molar-refractivity contribution < 1.29 is 8.42 Å². The maximum Gasteiger partial charge on any atom is 0.260 e. The highest BCUT2D eigenvalue weighted by atomic mass is 32.2. The zero-order valence-electron chi connectivity index (χ0n) is 11.1. The minimum absolute atomic E-state index is 0.0330. The van der Waals surface area contributed by atoms with E-state index in [-0.39, 0.29) is 11.6 Å². The summed E-state index contributed by atoms with van der Waals surface area (Å²) in [5, 5.41) is 11.1. The van der Waals surface area contributed by atoms with Gasteiger partial charge in [-0.25, -0.2) is 23.1 Å². The number of thiazole rings is 1. The lowest BCUT2D eigenvalue weighted by atomic mass is 10.6. The van der Waals surface area contributed by atoms with Gasteiger partial charge in [-0.2, -0.15) is 5.10 Å².